The van der Waals surface area contributed by atoms with E-state index in [2.05, 4.69) is 15.2 Å². The number of pyridine rings is 2. The molecule has 0 saturated heterocycles. The Morgan fingerprint density at radius 2 is 2.00 bits per heavy atom. The molecule has 3 aromatic rings. The van der Waals surface area contributed by atoms with Crippen LogP contribution in [-0.4, -0.2) is 32.4 Å². The number of rotatable bonds is 4. The third-order valence-corrected chi connectivity index (χ3v) is 3.19. The number of halogens is 3. The minimum absolute atomic E-state index is 0.104. The molecular formula is C15H13F3N4O. The van der Waals surface area contributed by atoms with Crippen LogP contribution in [0.25, 0.3) is 17.0 Å². The average Bonchev–Trinajstić information content (AvgIpc) is 2.89. The van der Waals surface area contributed by atoms with Gasteiger partial charge in [-0.2, -0.15) is 13.2 Å². The summed E-state index contributed by atoms with van der Waals surface area (Å²) in [6.07, 6.45) is -2.01. The molecule has 0 atom stereocenters. The van der Waals surface area contributed by atoms with Crippen LogP contribution in [0.2, 0.25) is 0 Å². The summed E-state index contributed by atoms with van der Waals surface area (Å²) in [5.41, 5.74) is 2.13. The minimum Gasteiger partial charge on any atom is -0.477 e. The molecule has 0 unspecified atom stereocenters. The maximum atomic E-state index is 12.3. The van der Waals surface area contributed by atoms with Crippen molar-refractivity contribution < 1.29 is 17.9 Å². The van der Waals surface area contributed by atoms with E-state index in [0.29, 0.717) is 17.0 Å². The second kappa shape index (κ2) is 5.86. The van der Waals surface area contributed by atoms with Gasteiger partial charge in [-0.25, -0.2) is 4.98 Å². The molecule has 5 nitrogen and oxygen atoms in total. The number of hydrogen-bond donors (Lipinski definition) is 0. The fraction of sp³-hybridized carbons (Fsp3) is 0.267. The van der Waals surface area contributed by atoms with Crippen molar-refractivity contribution in [3.05, 3.63) is 42.2 Å². The number of ether oxygens (including phenoxy) is 1. The highest BCUT2D eigenvalue weighted by Crippen LogP contribution is 2.28. The number of alkyl halides is 3. The largest absolute Gasteiger partial charge is 0.477 e. The molecule has 8 heteroatoms. The van der Waals surface area contributed by atoms with Crippen molar-refractivity contribution in [1.29, 1.82) is 0 Å². The van der Waals surface area contributed by atoms with Crippen molar-refractivity contribution in [3.8, 4) is 17.3 Å². The third-order valence-electron chi connectivity index (χ3n) is 3.19. The Hall–Kier alpha value is -2.64. The van der Waals surface area contributed by atoms with E-state index < -0.39 is 19.2 Å². The molecule has 0 N–H and O–H groups in total. The van der Waals surface area contributed by atoms with Gasteiger partial charge < -0.3 is 4.74 Å². The summed E-state index contributed by atoms with van der Waals surface area (Å²) in [5, 5.41) is 8.14. The van der Waals surface area contributed by atoms with E-state index >= 15 is 0 Å². The summed E-state index contributed by atoms with van der Waals surface area (Å²) >= 11 is 0. The van der Waals surface area contributed by atoms with Gasteiger partial charge in [0.05, 0.1) is 18.6 Å². The van der Waals surface area contributed by atoms with Crippen LogP contribution in [0.15, 0.2) is 36.7 Å². The van der Waals surface area contributed by atoms with Crippen molar-refractivity contribution in [2.45, 2.75) is 19.5 Å². The molecule has 0 aliphatic carbocycles. The topological polar surface area (TPSA) is 52.3 Å². The van der Waals surface area contributed by atoms with Gasteiger partial charge in [0.1, 0.15) is 0 Å². The van der Waals surface area contributed by atoms with E-state index in [0.717, 1.165) is 5.56 Å². The smallest absolute Gasteiger partial charge is 0.392 e. The molecule has 3 rings (SSSR count). The highest BCUT2D eigenvalue weighted by molar-refractivity contribution is 5.64. The summed E-state index contributed by atoms with van der Waals surface area (Å²) in [4.78, 5) is 4.01. The van der Waals surface area contributed by atoms with E-state index in [1.807, 2.05) is 25.3 Å². The first-order chi connectivity index (χ1) is 10.9. The molecule has 3 heterocycles. The lowest BCUT2D eigenvalue weighted by atomic mass is 10.2. The van der Waals surface area contributed by atoms with Gasteiger partial charge in [0, 0.05) is 12.4 Å². The molecular weight excluding hydrogens is 309 g/mol. The maximum Gasteiger partial charge on any atom is 0.392 e. The molecule has 0 amide bonds. The van der Waals surface area contributed by atoms with Crippen LogP contribution >= 0.6 is 0 Å². The predicted molar refractivity (Wildman–Crippen MR) is 77.1 cm³/mol. The predicted octanol–water partition coefficient (Wildman–Crippen LogP) is 3.43. The lowest BCUT2D eigenvalue weighted by Crippen LogP contribution is -2.13. The van der Waals surface area contributed by atoms with E-state index in [4.69, 9.17) is 4.74 Å². The first-order valence-electron chi connectivity index (χ1n) is 6.90. The lowest BCUT2D eigenvalue weighted by molar-refractivity contribution is -0.139. The molecule has 0 fully saturated rings. The highest BCUT2D eigenvalue weighted by atomic mass is 19.4. The molecule has 0 radical (unpaired) electrons. The molecule has 0 aromatic carbocycles. The molecule has 3 aromatic heterocycles. The zero-order valence-electron chi connectivity index (χ0n) is 12.2. The van der Waals surface area contributed by atoms with Crippen LogP contribution in [0.3, 0.4) is 0 Å². The van der Waals surface area contributed by atoms with Crippen LogP contribution in [0.1, 0.15) is 12.0 Å². The Morgan fingerprint density at radius 1 is 1.17 bits per heavy atom. The van der Waals surface area contributed by atoms with Gasteiger partial charge in [-0.05, 0) is 30.7 Å². The molecule has 0 aliphatic heterocycles. The monoisotopic (exact) mass is 322 g/mol. The summed E-state index contributed by atoms with van der Waals surface area (Å²) in [5.74, 6) is 0.575. The van der Waals surface area contributed by atoms with Crippen LogP contribution in [-0.2, 0) is 0 Å². The number of fused-ring (bicyclic) bond motifs is 1. The van der Waals surface area contributed by atoms with Gasteiger partial charge in [0.2, 0.25) is 5.88 Å². The Balaban J connectivity index is 1.94. The number of aromatic nitrogens is 4. The molecule has 120 valence electrons. The molecule has 0 bridgehead atoms. The average molecular weight is 322 g/mol. The zero-order chi connectivity index (χ0) is 16.4. The van der Waals surface area contributed by atoms with E-state index in [1.54, 1.807) is 16.5 Å². The number of hydrogen-bond acceptors (Lipinski definition) is 4. The molecule has 0 saturated carbocycles. The van der Waals surface area contributed by atoms with Crippen LogP contribution < -0.4 is 4.74 Å². The van der Waals surface area contributed by atoms with Crippen LogP contribution in [0.4, 0.5) is 13.2 Å². The standard InChI is InChI=1S/C15H13F3N4O/c1-10-4-5-12-20-21-13(22(12)9-10)11-3-2-7-19-14(11)23-8-6-15(16,17)18/h2-5,7,9H,6,8H2,1H3. The van der Waals surface area contributed by atoms with Crippen molar-refractivity contribution >= 4 is 5.65 Å². The van der Waals surface area contributed by atoms with Gasteiger partial charge in [-0.3, -0.25) is 4.40 Å². The van der Waals surface area contributed by atoms with Gasteiger partial charge in [0.25, 0.3) is 0 Å². The number of nitrogens with zero attached hydrogens (tertiary/aromatic N) is 4. The van der Waals surface area contributed by atoms with Gasteiger partial charge >= 0.3 is 6.18 Å². The molecule has 0 spiro atoms. The van der Waals surface area contributed by atoms with Gasteiger partial charge in [-0.15, -0.1) is 10.2 Å². The molecule has 23 heavy (non-hydrogen) atoms. The van der Waals surface area contributed by atoms with Crippen molar-refractivity contribution in [3.63, 3.8) is 0 Å². The summed E-state index contributed by atoms with van der Waals surface area (Å²) in [6, 6.07) is 7.07. The second-order valence-corrected chi connectivity index (χ2v) is 5.03. The number of aryl methyl sites for hydroxylation is 1. The van der Waals surface area contributed by atoms with Crippen LogP contribution in [0, 0.1) is 6.92 Å². The maximum absolute atomic E-state index is 12.3. The Morgan fingerprint density at radius 3 is 2.78 bits per heavy atom. The summed E-state index contributed by atoms with van der Waals surface area (Å²) < 4.78 is 43.7. The van der Waals surface area contributed by atoms with Crippen molar-refractivity contribution in [2.75, 3.05) is 6.61 Å². The first-order valence-corrected chi connectivity index (χ1v) is 6.90. The van der Waals surface area contributed by atoms with E-state index in [-0.39, 0.29) is 5.88 Å². The quantitative estimate of drug-likeness (QED) is 0.738. The van der Waals surface area contributed by atoms with Crippen molar-refractivity contribution in [1.82, 2.24) is 19.6 Å². The second-order valence-electron chi connectivity index (χ2n) is 5.03. The van der Waals surface area contributed by atoms with E-state index in [1.165, 1.54) is 6.20 Å². The Kier molecular flexibility index (Phi) is 3.89. The normalized spacial score (nSPS) is 11.8. The highest BCUT2D eigenvalue weighted by Gasteiger charge is 2.27. The SMILES string of the molecule is Cc1ccc2nnc(-c3cccnc3OCCC(F)(F)F)n2c1. The lowest BCUT2D eigenvalue weighted by Gasteiger charge is -2.10. The van der Waals surface area contributed by atoms with Gasteiger partial charge in [0.15, 0.2) is 11.5 Å². The Bertz CT molecular complexity index is 829. The summed E-state index contributed by atoms with van der Waals surface area (Å²) in [7, 11) is 0. The zero-order valence-corrected chi connectivity index (χ0v) is 12.2. The van der Waals surface area contributed by atoms with Crippen molar-refractivity contribution in [2.24, 2.45) is 0 Å². The molecule has 0 aliphatic rings. The fourth-order valence-corrected chi connectivity index (χ4v) is 2.12. The van der Waals surface area contributed by atoms with E-state index in [9.17, 15) is 13.2 Å². The first kappa shape index (κ1) is 15.3. The Labute approximate surface area is 129 Å². The fourth-order valence-electron chi connectivity index (χ4n) is 2.12. The van der Waals surface area contributed by atoms with Crippen LogP contribution in [0.5, 0.6) is 5.88 Å². The summed E-state index contributed by atoms with van der Waals surface area (Å²) in [6.45, 7) is 1.43. The minimum atomic E-state index is -4.27. The van der Waals surface area contributed by atoms with Gasteiger partial charge in [-0.1, -0.05) is 6.07 Å². The third kappa shape index (κ3) is 3.41.